The van der Waals surface area contributed by atoms with E-state index in [0.717, 1.165) is 5.56 Å². The Morgan fingerprint density at radius 2 is 2.10 bits per heavy atom. The van der Waals surface area contributed by atoms with Gasteiger partial charge >= 0.3 is 6.03 Å². The zero-order valence-corrected chi connectivity index (χ0v) is 11.8. The molecule has 3 amide bonds. The molecule has 0 saturated carbocycles. The average Bonchev–Trinajstić information content (AvgIpc) is 2.82. The number of pyridine rings is 1. The molecule has 7 nitrogen and oxygen atoms in total. The molecule has 0 aliphatic rings. The summed E-state index contributed by atoms with van der Waals surface area (Å²) in [5.74, 6) is 0.710. The monoisotopic (exact) mass is 288 g/mol. The number of urea groups is 1. The van der Waals surface area contributed by atoms with Crippen molar-refractivity contribution < 1.29 is 14.0 Å². The second-order valence-electron chi connectivity index (χ2n) is 4.45. The molecule has 2 heterocycles. The minimum absolute atomic E-state index is 0.319. The maximum Gasteiger partial charge on any atom is 0.333 e. The number of hydrazine groups is 1. The average molecular weight is 288 g/mol. The van der Waals surface area contributed by atoms with E-state index >= 15 is 0 Å². The lowest BCUT2D eigenvalue weighted by molar-refractivity contribution is 0.0934. The lowest BCUT2D eigenvalue weighted by Crippen LogP contribution is -2.46. The largest absolute Gasteiger partial charge is 0.466 e. The van der Waals surface area contributed by atoms with Crippen molar-refractivity contribution in [3.63, 3.8) is 0 Å². The molecule has 0 bridgehead atoms. The first-order valence-electron chi connectivity index (χ1n) is 6.36. The van der Waals surface area contributed by atoms with Crippen molar-refractivity contribution in [1.29, 1.82) is 0 Å². The van der Waals surface area contributed by atoms with Crippen molar-refractivity contribution in [2.75, 3.05) is 0 Å². The van der Waals surface area contributed by atoms with Gasteiger partial charge in [0.1, 0.15) is 11.5 Å². The van der Waals surface area contributed by atoms with Crippen LogP contribution >= 0.6 is 0 Å². The van der Waals surface area contributed by atoms with E-state index in [4.69, 9.17) is 4.42 Å². The van der Waals surface area contributed by atoms with Gasteiger partial charge in [-0.2, -0.15) is 0 Å². The molecule has 0 aliphatic carbocycles. The SMILES string of the molecule is Cc1cc(C(=O)NNC(=O)NCc2cccnc2)c(C)o1. The Bertz CT molecular complexity index is 637. The summed E-state index contributed by atoms with van der Waals surface area (Å²) in [7, 11) is 0. The van der Waals surface area contributed by atoms with Crippen LogP contribution in [-0.2, 0) is 6.54 Å². The number of amides is 3. The first-order chi connectivity index (χ1) is 10.1. The Hall–Kier alpha value is -2.83. The number of rotatable bonds is 3. The molecule has 0 aliphatic heterocycles. The topological polar surface area (TPSA) is 96.3 Å². The highest BCUT2D eigenvalue weighted by molar-refractivity contribution is 5.96. The third-order valence-electron chi connectivity index (χ3n) is 2.75. The number of hydrogen-bond acceptors (Lipinski definition) is 4. The van der Waals surface area contributed by atoms with Gasteiger partial charge in [0, 0.05) is 18.9 Å². The summed E-state index contributed by atoms with van der Waals surface area (Å²) in [6, 6.07) is 4.72. The number of carbonyl (C=O) groups excluding carboxylic acids is 2. The van der Waals surface area contributed by atoms with Crippen LogP contribution in [0.25, 0.3) is 0 Å². The van der Waals surface area contributed by atoms with Crippen molar-refractivity contribution in [2.45, 2.75) is 20.4 Å². The van der Waals surface area contributed by atoms with Gasteiger partial charge in [0.25, 0.3) is 5.91 Å². The second-order valence-corrected chi connectivity index (χ2v) is 4.45. The Morgan fingerprint density at radius 1 is 1.29 bits per heavy atom. The van der Waals surface area contributed by atoms with Crippen LogP contribution in [0, 0.1) is 13.8 Å². The molecule has 0 aromatic carbocycles. The van der Waals surface area contributed by atoms with E-state index in [-0.39, 0.29) is 0 Å². The first kappa shape index (κ1) is 14.6. The Balaban J connectivity index is 1.79. The van der Waals surface area contributed by atoms with Crippen LogP contribution in [0.4, 0.5) is 4.79 Å². The lowest BCUT2D eigenvalue weighted by atomic mass is 10.2. The smallest absolute Gasteiger partial charge is 0.333 e. The molecule has 0 spiro atoms. The summed E-state index contributed by atoms with van der Waals surface area (Å²) >= 11 is 0. The summed E-state index contributed by atoms with van der Waals surface area (Å²) in [6.07, 6.45) is 3.30. The lowest BCUT2D eigenvalue weighted by Gasteiger charge is -2.08. The van der Waals surface area contributed by atoms with Crippen molar-refractivity contribution in [3.05, 3.63) is 53.2 Å². The molecule has 110 valence electrons. The molecule has 0 unspecified atom stereocenters. The number of aromatic nitrogens is 1. The molecule has 0 radical (unpaired) electrons. The third kappa shape index (κ3) is 4.07. The molecule has 21 heavy (non-hydrogen) atoms. The molecule has 2 aromatic rings. The summed E-state index contributed by atoms with van der Waals surface area (Å²) in [5, 5.41) is 2.60. The minimum atomic E-state index is -0.509. The van der Waals surface area contributed by atoms with Gasteiger partial charge in [0.15, 0.2) is 0 Å². The summed E-state index contributed by atoms with van der Waals surface area (Å²) < 4.78 is 5.25. The van der Waals surface area contributed by atoms with Crippen molar-refractivity contribution in [3.8, 4) is 0 Å². The highest BCUT2D eigenvalue weighted by atomic mass is 16.3. The molecule has 7 heteroatoms. The van der Waals surface area contributed by atoms with Gasteiger partial charge in [0.05, 0.1) is 5.56 Å². The quantitative estimate of drug-likeness (QED) is 0.744. The fraction of sp³-hybridized carbons (Fsp3) is 0.214. The highest BCUT2D eigenvalue weighted by Gasteiger charge is 2.13. The second kappa shape index (κ2) is 6.56. The van der Waals surface area contributed by atoms with E-state index in [2.05, 4.69) is 21.2 Å². The molecule has 2 rings (SSSR count). The first-order valence-corrected chi connectivity index (χ1v) is 6.36. The van der Waals surface area contributed by atoms with Crippen molar-refractivity contribution in [2.24, 2.45) is 0 Å². The van der Waals surface area contributed by atoms with Gasteiger partial charge in [-0.1, -0.05) is 6.07 Å². The van der Waals surface area contributed by atoms with Gasteiger partial charge in [-0.05, 0) is 31.5 Å². The van der Waals surface area contributed by atoms with Crippen LogP contribution in [0.3, 0.4) is 0 Å². The normalized spacial score (nSPS) is 10.0. The van der Waals surface area contributed by atoms with Gasteiger partial charge in [0.2, 0.25) is 0 Å². The third-order valence-corrected chi connectivity index (χ3v) is 2.75. The Labute approximate surface area is 121 Å². The molecular weight excluding hydrogens is 272 g/mol. The van der Waals surface area contributed by atoms with Gasteiger partial charge < -0.3 is 9.73 Å². The molecule has 0 fully saturated rings. The number of hydrogen-bond donors (Lipinski definition) is 3. The maximum absolute atomic E-state index is 11.8. The fourth-order valence-electron chi connectivity index (χ4n) is 1.77. The predicted octanol–water partition coefficient (Wildman–Crippen LogP) is 1.44. The molecular formula is C14H16N4O3. The summed E-state index contributed by atoms with van der Waals surface area (Å²) in [6.45, 7) is 3.75. The van der Waals surface area contributed by atoms with Crippen LogP contribution < -0.4 is 16.2 Å². The van der Waals surface area contributed by atoms with Gasteiger partial charge in [-0.25, -0.2) is 10.2 Å². The van der Waals surface area contributed by atoms with Crippen LogP contribution in [0.2, 0.25) is 0 Å². The fourth-order valence-corrected chi connectivity index (χ4v) is 1.77. The predicted molar refractivity (Wildman–Crippen MR) is 75.3 cm³/mol. The van der Waals surface area contributed by atoms with Gasteiger partial charge in [-0.3, -0.25) is 15.2 Å². The van der Waals surface area contributed by atoms with Crippen LogP contribution in [0.15, 0.2) is 35.0 Å². The zero-order chi connectivity index (χ0) is 15.2. The highest BCUT2D eigenvalue weighted by Crippen LogP contribution is 2.12. The molecule has 0 saturated heterocycles. The van der Waals surface area contributed by atoms with E-state index in [0.29, 0.717) is 23.6 Å². The van der Waals surface area contributed by atoms with Gasteiger partial charge in [-0.15, -0.1) is 0 Å². The number of nitrogens with zero attached hydrogens (tertiary/aromatic N) is 1. The van der Waals surface area contributed by atoms with E-state index in [1.165, 1.54) is 0 Å². The van der Waals surface area contributed by atoms with Crippen LogP contribution in [0.5, 0.6) is 0 Å². The number of furan rings is 1. The summed E-state index contributed by atoms with van der Waals surface area (Å²) in [5.41, 5.74) is 5.84. The van der Waals surface area contributed by atoms with Crippen molar-refractivity contribution in [1.82, 2.24) is 21.2 Å². The zero-order valence-electron chi connectivity index (χ0n) is 11.8. The summed E-state index contributed by atoms with van der Waals surface area (Å²) in [4.78, 5) is 27.3. The standard InChI is InChI=1S/C14H16N4O3/c1-9-6-12(10(2)21-9)13(19)17-18-14(20)16-8-11-4-3-5-15-7-11/h3-7H,8H2,1-2H3,(H,17,19)(H2,16,18,20). The number of carbonyl (C=O) groups is 2. The van der Waals surface area contributed by atoms with Crippen LogP contribution in [-0.4, -0.2) is 16.9 Å². The molecule has 2 aromatic heterocycles. The van der Waals surface area contributed by atoms with Crippen molar-refractivity contribution >= 4 is 11.9 Å². The Kier molecular flexibility index (Phi) is 4.55. The van der Waals surface area contributed by atoms with E-state index in [1.54, 1.807) is 38.4 Å². The maximum atomic E-state index is 11.8. The molecule has 3 N–H and O–H groups in total. The Morgan fingerprint density at radius 3 is 2.71 bits per heavy atom. The van der Waals surface area contributed by atoms with Crippen LogP contribution in [0.1, 0.15) is 27.4 Å². The molecule has 0 atom stereocenters. The number of aryl methyl sites for hydroxylation is 2. The number of nitrogens with one attached hydrogen (secondary N) is 3. The van der Waals surface area contributed by atoms with E-state index in [1.807, 2.05) is 6.07 Å². The van der Waals surface area contributed by atoms with E-state index in [9.17, 15) is 9.59 Å². The van der Waals surface area contributed by atoms with E-state index < -0.39 is 11.9 Å². The minimum Gasteiger partial charge on any atom is -0.466 e.